The molecule has 0 spiro atoms. The molecule has 1 atom stereocenters. The molecule has 3 rings (SSSR count). The van der Waals surface area contributed by atoms with E-state index in [2.05, 4.69) is 90.8 Å². The van der Waals surface area contributed by atoms with Crippen LogP contribution in [0.3, 0.4) is 0 Å². The van der Waals surface area contributed by atoms with Crippen molar-refractivity contribution < 1.29 is 0 Å². The Hall–Kier alpha value is -2.41. The minimum absolute atomic E-state index is 0.456. The molecule has 0 aliphatic carbocycles. The van der Waals surface area contributed by atoms with Crippen LogP contribution in [0.1, 0.15) is 28.4 Å². The second-order valence-electron chi connectivity index (χ2n) is 5.77. The Kier molecular flexibility index (Phi) is 4.65. The largest absolute Gasteiger partial charge is 0.258 e. The van der Waals surface area contributed by atoms with E-state index in [9.17, 15) is 0 Å². The first-order valence-corrected chi connectivity index (χ1v) is 7.82. The molecule has 0 aliphatic heterocycles. The van der Waals surface area contributed by atoms with E-state index in [1.807, 2.05) is 0 Å². The fourth-order valence-corrected chi connectivity index (χ4v) is 2.90. The summed E-state index contributed by atoms with van der Waals surface area (Å²) in [6.45, 7) is 2.05. The quantitative estimate of drug-likeness (QED) is 0.646. The maximum Gasteiger partial charge on any atom is 0.0413 e. The summed E-state index contributed by atoms with van der Waals surface area (Å²) < 4.78 is 0. The first kappa shape index (κ1) is 14.5. The van der Waals surface area contributed by atoms with Crippen molar-refractivity contribution in [2.24, 2.45) is 0 Å². The lowest BCUT2D eigenvalue weighted by molar-refractivity contribution is 0.667. The third-order valence-electron chi connectivity index (χ3n) is 4.00. The molecule has 110 valence electrons. The van der Waals surface area contributed by atoms with Crippen LogP contribution in [-0.2, 0) is 12.8 Å². The van der Waals surface area contributed by atoms with Gasteiger partial charge in [-0.25, -0.2) is 0 Å². The van der Waals surface area contributed by atoms with Crippen molar-refractivity contribution in [2.75, 3.05) is 0 Å². The fourth-order valence-electron chi connectivity index (χ4n) is 2.90. The first-order valence-electron chi connectivity index (χ1n) is 7.82. The van der Waals surface area contributed by atoms with Gasteiger partial charge in [-0.1, -0.05) is 66.7 Å². The lowest BCUT2D eigenvalue weighted by atomic mass is 9.88. The topological polar surface area (TPSA) is 12.9 Å². The van der Waals surface area contributed by atoms with E-state index in [-0.39, 0.29) is 0 Å². The van der Waals surface area contributed by atoms with Gasteiger partial charge in [-0.15, -0.1) is 0 Å². The van der Waals surface area contributed by atoms with Gasteiger partial charge in [-0.2, -0.15) is 0 Å². The molecule has 1 nitrogen and oxygen atoms in total. The molecule has 0 amide bonds. The van der Waals surface area contributed by atoms with Gasteiger partial charge in [0.15, 0.2) is 0 Å². The van der Waals surface area contributed by atoms with E-state index in [1.165, 1.54) is 16.8 Å². The average Bonchev–Trinajstić information content (AvgIpc) is 2.56. The van der Waals surface area contributed by atoms with Crippen LogP contribution < -0.4 is 0 Å². The van der Waals surface area contributed by atoms with Crippen molar-refractivity contribution in [3.63, 3.8) is 0 Å². The minimum atomic E-state index is 0.456. The van der Waals surface area contributed by atoms with Crippen molar-refractivity contribution in [1.29, 1.82) is 0 Å². The normalized spacial score (nSPS) is 12.0. The van der Waals surface area contributed by atoms with Gasteiger partial charge < -0.3 is 0 Å². The maximum atomic E-state index is 4.68. The monoisotopic (exact) mass is 287 g/mol. The predicted octanol–water partition coefficient (Wildman–Crippen LogP) is 4.96. The molecule has 1 heteroatoms. The summed E-state index contributed by atoms with van der Waals surface area (Å²) in [4.78, 5) is 4.68. The van der Waals surface area contributed by atoms with Gasteiger partial charge in [-0.3, -0.25) is 4.98 Å². The smallest absolute Gasteiger partial charge is 0.0413 e. The molecule has 0 aliphatic rings. The second kappa shape index (κ2) is 7.04. The number of aryl methyl sites for hydroxylation is 1. The summed E-state index contributed by atoms with van der Waals surface area (Å²) >= 11 is 0. The molecule has 0 saturated carbocycles. The number of rotatable bonds is 5. The second-order valence-corrected chi connectivity index (χ2v) is 5.77. The molecule has 0 bridgehead atoms. The lowest BCUT2D eigenvalue weighted by Gasteiger charge is -2.17. The van der Waals surface area contributed by atoms with Gasteiger partial charge in [0.25, 0.3) is 0 Å². The summed E-state index contributed by atoms with van der Waals surface area (Å²) in [5, 5.41) is 0. The molecule has 22 heavy (non-hydrogen) atoms. The number of nitrogens with zero attached hydrogens (tertiary/aromatic N) is 1. The standard InChI is InChI=1S/C21H21N/c1-17-9-8-14-21(22-17)16-20(19-12-6-3-7-13-19)15-18-10-4-2-5-11-18/h2-14,20H,15-16H2,1H3. The summed E-state index contributed by atoms with van der Waals surface area (Å²) in [6, 6.07) is 27.8. The zero-order chi connectivity index (χ0) is 15.2. The minimum Gasteiger partial charge on any atom is -0.258 e. The van der Waals surface area contributed by atoms with E-state index in [1.54, 1.807) is 0 Å². The summed E-state index contributed by atoms with van der Waals surface area (Å²) in [7, 11) is 0. The third-order valence-corrected chi connectivity index (χ3v) is 4.00. The zero-order valence-corrected chi connectivity index (χ0v) is 12.9. The average molecular weight is 287 g/mol. The molecule has 0 saturated heterocycles. The number of benzene rings is 2. The predicted molar refractivity (Wildman–Crippen MR) is 92.0 cm³/mol. The van der Waals surface area contributed by atoms with Crippen molar-refractivity contribution in [1.82, 2.24) is 4.98 Å². The van der Waals surface area contributed by atoms with Crippen LogP contribution in [0.15, 0.2) is 78.9 Å². The van der Waals surface area contributed by atoms with Crippen LogP contribution in [0.4, 0.5) is 0 Å². The van der Waals surface area contributed by atoms with Crippen molar-refractivity contribution in [3.05, 3.63) is 101 Å². The maximum absolute atomic E-state index is 4.68. The van der Waals surface area contributed by atoms with Gasteiger partial charge in [0.05, 0.1) is 0 Å². The zero-order valence-electron chi connectivity index (χ0n) is 12.9. The SMILES string of the molecule is Cc1cccc(CC(Cc2ccccc2)c2ccccc2)n1. The van der Waals surface area contributed by atoms with Gasteiger partial charge >= 0.3 is 0 Å². The number of hydrogen-bond donors (Lipinski definition) is 0. The molecule has 1 aromatic heterocycles. The molecule has 0 fully saturated rings. The lowest BCUT2D eigenvalue weighted by Crippen LogP contribution is -2.08. The Morgan fingerprint density at radius 2 is 1.41 bits per heavy atom. The molecule has 0 N–H and O–H groups in total. The highest BCUT2D eigenvalue weighted by Crippen LogP contribution is 2.24. The summed E-state index contributed by atoms with van der Waals surface area (Å²) in [5.74, 6) is 0.456. The van der Waals surface area contributed by atoms with Gasteiger partial charge in [0, 0.05) is 11.4 Å². The van der Waals surface area contributed by atoms with Crippen molar-refractivity contribution in [2.45, 2.75) is 25.7 Å². The first-order chi connectivity index (χ1) is 10.8. The Bertz CT molecular complexity index is 704. The Balaban J connectivity index is 1.86. The molecule has 2 aromatic carbocycles. The summed E-state index contributed by atoms with van der Waals surface area (Å²) in [6.07, 6.45) is 2.01. The molecule has 3 aromatic rings. The van der Waals surface area contributed by atoms with E-state index in [0.717, 1.165) is 18.5 Å². The van der Waals surface area contributed by atoms with Crippen LogP contribution in [0, 0.1) is 6.92 Å². The van der Waals surface area contributed by atoms with Gasteiger partial charge in [-0.05, 0) is 48.9 Å². The number of pyridine rings is 1. The highest BCUT2D eigenvalue weighted by atomic mass is 14.7. The number of aromatic nitrogens is 1. The van der Waals surface area contributed by atoms with E-state index in [4.69, 9.17) is 0 Å². The molecular formula is C21H21N. The molecule has 0 radical (unpaired) electrons. The molecule has 1 heterocycles. The van der Waals surface area contributed by atoms with E-state index in [0.29, 0.717) is 5.92 Å². The van der Waals surface area contributed by atoms with Crippen molar-refractivity contribution >= 4 is 0 Å². The molecular weight excluding hydrogens is 266 g/mol. The summed E-state index contributed by atoms with van der Waals surface area (Å²) in [5.41, 5.74) is 5.02. The van der Waals surface area contributed by atoms with Gasteiger partial charge in [0.2, 0.25) is 0 Å². The van der Waals surface area contributed by atoms with E-state index >= 15 is 0 Å². The number of hydrogen-bond acceptors (Lipinski definition) is 1. The van der Waals surface area contributed by atoms with Crippen LogP contribution in [0.25, 0.3) is 0 Å². The Morgan fingerprint density at radius 3 is 2.09 bits per heavy atom. The van der Waals surface area contributed by atoms with Crippen LogP contribution in [-0.4, -0.2) is 4.98 Å². The third kappa shape index (κ3) is 3.82. The van der Waals surface area contributed by atoms with Crippen LogP contribution >= 0.6 is 0 Å². The van der Waals surface area contributed by atoms with Crippen molar-refractivity contribution in [3.8, 4) is 0 Å². The Morgan fingerprint density at radius 1 is 0.727 bits per heavy atom. The van der Waals surface area contributed by atoms with Gasteiger partial charge in [0.1, 0.15) is 0 Å². The fraction of sp³-hybridized carbons (Fsp3) is 0.190. The molecule has 1 unspecified atom stereocenters. The highest BCUT2D eigenvalue weighted by molar-refractivity contribution is 5.26. The van der Waals surface area contributed by atoms with E-state index < -0.39 is 0 Å². The highest BCUT2D eigenvalue weighted by Gasteiger charge is 2.14. The van der Waals surface area contributed by atoms with Crippen LogP contribution in [0.2, 0.25) is 0 Å². The van der Waals surface area contributed by atoms with Crippen LogP contribution in [0.5, 0.6) is 0 Å². The Labute approximate surface area is 132 Å².